The predicted molar refractivity (Wildman–Crippen MR) is 233 cm³/mol. The van der Waals surface area contributed by atoms with E-state index in [4.69, 9.17) is 11.8 Å². The van der Waals surface area contributed by atoms with Gasteiger partial charge in [-0.15, -0.1) is 29.1 Å². The molecule has 8 aromatic rings. The normalized spacial score (nSPS) is 11.0. The average molecular weight is 710 g/mol. The third kappa shape index (κ3) is 7.85. The molecule has 3 heteroatoms. The van der Waals surface area contributed by atoms with Gasteiger partial charge in [0, 0.05) is 35.1 Å². The van der Waals surface area contributed by atoms with Gasteiger partial charge in [-0.05, 0) is 119 Å². The van der Waals surface area contributed by atoms with E-state index in [1.165, 1.54) is 85.2 Å². The molecular formula is C49H43NS2. The fraction of sp³-hybridized carbons (Fsp3) is 0.122. The van der Waals surface area contributed by atoms with Crippen molar-refractivity contribution in [3.05, 3.63) is 172 Å². The lowest BCUT2D eigenvalue weighted by Crippen LogP contribution is -1.88. The van der Waals surface area contributed by atoms with Crippen LogP contribution in [0.3, 0.4) is 0 Å². The zero-order valence-corrected chi connectivity index (χ0v) is 31.9. The van der Waals surface area contributed by atoms with Gasteiger partial charge < -0.3 is 5.41 Å². The summed E-state index contributed by atoms with van der Waals surface area (Å²) in [4.78, 5) is 1.32. The van der Waals surface area contributed by atoms with Crippen molar-refractivity contribution < 1.29 is 0 Å². The highest BCUT2D eigenvalue weighted by atomic mass is 32.1. The van der Waals surface area contributed by atoms with E-state index < -0.39 is 0 Å². The van der Waals surface area contributed by atoms with Crippen LogP contribution in [0.4, 0.5) is 0 Å². The molecule has 8 rings (SSSR count). The molecule has 0 aliphatic heterocycles. The number of hydrogen-bond acceptors (Lipinski definition) is 3. The van der Waals surface area contributed by atoms with E-state index in [1.54, 1.807) is 6.08 Å². The maximum absolute atomic E-state index is 5.50. The molecule has 2 aromatic heterocycles. The predicted octanol–water partition coefficient (Wildman–Crippen LogP) is 14.5. The van der Waals surface area contributed by atoms with E-state index in [0.717, 1.165) is 6.42 Å². The quantitative estimate of drug-likeness (QED) is 0.131. The molecule has 0 spiro atoms. The molecule has 0 fully saturated rings. The summed E-state index contributed by atoms with van der Waals surface area (Å²) < 4.78 is 4.06. The molecule has 0 aliphatic rings. The van der Waals surface area contributed by atoms with E-state index in [0.29, 0.717) is 5.92 Å². The highest BCUT2D eigenvalue weighted by Crippen LogP contribution is 2.39. The molecule has 6 aromatic carbocycles. The lowest BCUT2D eigenvalue weighted by atomic mass is 9.95. The number of thiophene rings is 2. The van der Waals surface area contributed by atoms with Gasteiger partial charge in [-0.1, -0.05) is 129 Å². The molecule has 0 atom stereocenters. The molecule has 52 heavy (non-hydrogen) atoms. The number of allylic oxidation sites excluding steroid dienone is 1. The second-order valence-corrected chi connectivity index (χ2v) is 15.5. The number of benzene rings is 6. The fourth-order valence-electron chi connectivity index (χ4n) is 6.77. The summed E-state index contributed by atoms with van der Waals surface area (Å²) in [6.45, 7) is 11.3. The Balaban J connectivity index is 0.000000228. The summed E-state index contributed by atoms with van der Waals surface area (Å²) in [6, 6.07) is 48.8. The molecule has 0 saturated heterocycles. The largest absolute Gasteiger partial charge is 0.317 e. The third-order valence-corrected chi connectivity index (χ3v) is 11.6. The van der Waals surface area contributed by atoms with Crippen molar-refractivity contribution in [1.82, 2.24) is 0 Å². The van der Waals surface area contributed by atoms with Gasteiger partial charge in [-0.2, -0.15) is 0 Å². The highest BCUT2D eigenvalue weighted by Gasteiger charge is 2.12. The third-order valence-electron chi connectivity index (χ3n) is 9.42. The lowest BCUT2D eigenvalue weighted by molar-refractivity contribution is 0.867. The summed E-state index contributed by atoms with van der Waals surface area (Å²) in [7, 11) is 0. The Morgan fingerprint density at radius 1 is 0.654 bits per heavy atom. The van der Waals surface area contributed by atoms with Gasteiger partial charge in [-0.3, -0.25) is 0 Å². The average Bonchev–Trinajstić information content (AvgIpc) is 3.73. The van der Waals surface area contributed by atoms with Gasteiger partial charge in [0.15, 0.2) is 0 Å². The smallest absolute Gasteiger partial charge is 0.0358 e. The minimum Gasteiger partial charge on any atom is -0.317 e. The molecule has 1 N–H and O–H groups in total. The SMILES string of the molecule is C#C/C=C\c1c(C)sc2cccc(C)c12.C=N.CC(C)c1cccc(-c2ccc(-c3ccc4sc5cccc(Cc6ccccc6)c5c4c3)cc2)c1. The first-order valence-electron chi connectivity index (χ1n) is 17.5. The van der Waals surface area contributed by atoms with Crippen LogP contribution in [0.15, 0.2) is 140 Å². The van der Waals surface area contributed by atoms with E-state index in [2.05, 4.69) is 174 Å². The zero-order chi connectivity index (χ0) is 36.6. The summed E-state index contributed by atoms with van der Waals surface area (Å²) in [6.07, 6.45) is 9.99. The molecule has 0 bridgehead atoms. The number of terminal acetylenes is 1. The van der Waals surface area contributed by atoms with Gasteiger partial charge in [0.05, 0.1) is 0 Å². The fourth-order valence-corrected chi connectivity index (χ4v) is 9.04. The minimum absolute atomic E-state index is 0.535. The number of rotatable bonds is 6. The standard InChI is InChI=1S/C34H28S.C14H12S.CH3N/c1-23(2)27-10-6-11-28(21-27)25-14-16-26(17-15-25)29-18-19-32-31(22-29)34-30(12-7-13-33(34)35-32)20-24-8-4-3-5-9-24;1-4-5-8-12-11(3)15-13-9-6-7-10(2)14(12)13;1-2/h3-19,21-23H,20H2,1-2H3;1,5-9H,2-3H3;2H,1H2/b;8-5-;. The first-order valence-corrected chi connectivity index (χ1v) is 19.2. The summed E-state index contributed by atoms with van der Waals surface area (Å²) in [5.74, 6) is 3.08. The van der Waals surface area contributed by atoms with Crippen molar-refractivity contribution in [2.45, 2.75) is 40.0 Å². The van der Waals surface area contributed by atoms with Crippen molar-refractivity contribution in [3.63, 3.8) is 0 Å². The van der Waals surface area contributed by atoms with Crippen molar-refractivity contribution in [2.24, 2.45) is 0 Å². The first-order chi connectivity index (χ1) is 25.4. The Kier molecular flexibility index (Phi) is 11.6. The van der Waals surface area contributed by atoms with Crippen LogP contribution < -0.4 is 0 Å². The monoisotopic (exact) mass is 709 g/mol. The number of hydrogen-bond donors (Lipinski definition) is 1. The van der Waals surface area contributed by atoms with Gasteiger partial charge in [0.1, 0.15) is 0 Å². The van der Waals surface area contributed by atoms with Gasteiger partial charge in [0.2, 0.25) is 0 Å². The van der Waals surface area contributed by atoms with Crippen LogP contribution in [0.5, 0.6) is 0 Å². The number of aryl methyl sites for hydroxylation is 2. The minimum atomic E-state index is 0.535. The Morgan fingerprint density at radius 2 is 1.29 bits per heavy atom. The van der Waals surface area contributed by atoms with E-state index >= 15 is 0 Å². The summed E-state index contributed by atoms with van der Waals surface area (Å²) in [5.41, 5.74) is 11.8. The van der Waals surface area contributed by atoms with E-state index in [1.807, 2.05) is 28.7 Å². The Labute approximate surface area is 316 Å². The molecule has 0 radical (unpaired) electrons. The van der Waals surface area contributed by atoms with E-state index in [-0.39, 0.29) is 0 Å². The summed E-state index contributed by atoms with van der Waals surface area (Å²) in [5, 5.41) is 9.61. The molecular weight excluding hydrogens is 667 g/mol. The van der Waals surface area contributed by atoms with Crippen molar-refractivity contribution in [1.29, 1.82) is 5.41 Å². The van der Waals surface area contributed by atoms with Crippen LogP contribution in [0.2, 0.25) is 0 Å². The van der Waals surface area contributed by atoms with Crippen molar-refractivity contribution in [3.8, 4) is 34.6 Å². The van der Waals surface area contributed by atoms with Crippen molar-refractivity contribution in [2.75, 3.05) is 0 Å². The molecule has 0 unspecified atom stereocenters. The summed E-state index contributed by atoms with van der Waals surface area (Å²) >= 11 is 3.72. The zero-order valence-electron chi connectivity index (χ0n) is 30.2. The van der Waals surface area contributed by atoms with Crippen LogP contribution in [0, 0.1) is 31.6 Å². The molecule has 0 amide bonds. The van der Waals surface area contributed by atoms with Gasteiger partial charge in [0.25, 0.3) is 0 Å². The highest BCUT2D eigenvalue weighted by molar-refractivity contribution is 7.25. The van der Waals surface area contributed by atoms with Crippen LogP contribution in [-0.4, -0.2) is 6.72 Å². The van der Waals surface area contributed by atoms with Crippen LogP contribution in [0.25, 0.3) is 58.6 Å². The van der Waals surface area contributed by atoms with Crippen molar-refractivity contribution >= 4 is 65.7 Å². The Hall–Kier alpha value is -5.53. The second kappa shape index (κ2) is 16.7. The second-order valence-electron chi connectivity index (χ2n) is 13.1. The number of fused-ring (bicyclic) bond motifs is 4. The Morgan fingerprint density at radius 3 is 1.98 bits per heavy atom. The van der Waals surface area contributed by atoms with Crippen LogP contribution in [0.1, 0.15) is 52.5 Å². The van der Waals surface area contributed by atoms with Crippen LogP contribution >= 0.6 is 22.7 Å². The first kappa shape index (κ1) is 36.3. The molecule has 2 heterocycles. The van der Waals surface area contributed by atoms with Crippen LogP contribution in [-0.2, 0) is 6.42 Å². The molecule has 256 valence electrons. The maximum atomic E-state index is 5.50. The van der Waals surface area contributed by atoms with E-state index in [9.17, 15) is 0 Å². The van der Waals surface area contributed by atoms with Gasteiger partial charge in [-0.25, -0.2) is 0 Å². The molecule has 0 saturated carbocycles. The number of nitrogens with one attached hydrogen (secondary N) is 1. The molecule has 0 aliphatic carbocycles. The Bertz CT molecular complexity index is 2520. The topological polar surface area (TPSA) is 23.9 Å². The maximum Gasteiger partial charge on any atom is 0.0358 e. The lowest BCUT2D eigenvalue weighted by Gasteiger charge is -2.10. The molecule has 1 nitrogen and oxygen atoms in total. The van der Waals surface area contributed by atoms with Gasteiger partial charge >= 0.3 is 0 Å².